The van der Waals surface area contributed by atoms with Crippen LogP contribution in [0.1, 0.15) is 56.9 Å². The molecular weight excluding hydrogens is 450 g/mol. The van der Waals surface area contributed by atoms with E-state index in [9.17, 15) is 13.2 Å². The first-order chi connectivity index (χ1) is 16.3. The van der Waals surface area contributed by atoms with E-state index in [0.717, 1.165) is 43.4 Å². The van der Waals surface area contributed by atoms with Crippen LogP contribution in [0.15, 0.2) is 53.4 Å². The van der Waals surface area contributed by atoms with Crippen LogP contribution in [-0.4, -0.2) is 45.8 Å². The highest BCUT2D eigenvalue weighted by molar-refractivity contribution is 7.89. The Kier molecular flexibility index (Phi) is 7.33. The zero-order valence-corrected chi connectivity index (χ0v) is 21.1. The molecule has 1 aliphatic carbocycles. The van der Waals surface area contributed by atoms with Gasteiger partial charge in [-0.3, -0.25) is 4.79 Å². The Balaban J connectivity index is 1.32. The Morgan fingerprint density at radius 3 is 2.09 bits per heavy atom. The zero-order chi connectivity index (χ0) is 24.3. The molecule has 1 saturated carbocycles. The summed E-state index contributed by atoms with van der Waals surface area (Å²) >= 11 is 0. The Bertz CT molecular complexity index is 1090. The molecule has 1 saturated heterocycles. The monoisotopic (exact) mass is 485 g/mol. The van der Waals surface area contributed by atoms with E-state index in [0.29, 0.717) is 36.1 Å². The first-order valence-electron chi connectivity index (χ1n) is 12.1. The molecule has 6 nitrogen and oxygen atoms in total. The third kappa shape index (κ3) is 5.15. The Labute approximate surface area is 203 Å². The number of rotatable bonds is 8. The molecule has 0 aromatic heterocycles. The van der Waals surface area contributed by atoms with Crippen LogP contribution >= 0.6 is 0 Å². The van der Waals surface area contributed by atoms with Gasteiger partial charge in [0, 0.05) is 25.4 Å². The SMILES string of the molecule is COc1ccc(C(C)C(=O)CC2CCC3(CCN(S(=O)(=O)c4ccc(OC)cc4)CC3)C2)cc1. The molecule has 2 atom stereocenters. The van der Waals surface area contributed by atoms with Gasteiger partial charge in [-0.1, -0.05) is 19.1 Å². The van der Waals surface area contributed by atoms with Gasteiger partial charge < -0.3 is 9.47 Å². The summed E-state index contributed by atoms with van der Waals surface area (Å²) < 4.78 is 38.1. The van der Waals surface area contributed by atoms with E-state index < -0.39 is 10.0 Å². The van der Waals surface area contributed by atoms with E-state index in [4.69, 9.17) is 9.47 Å². The number of carbonyl (C=O) groups is 1. The molecule has 0 N–H and O–H groups in total. The summed E-state index contributed by atoms with van der Waals surface area (Å²) in [6, 6.07) is 14.3. The molecule has 34 heavy (non-hydrogen) atoms. The maximum absolute atomic E-state index is 13.1. The van der Waals surface area contributed by atoms with Crippen LogP contribution in [0.25, 0.3) is 0 Å². The summed E-state index contributed by atoms with van der Waals surface area (Å²) in [4.78, 5) is 13.3. The van der Waals surface area contributed by atoms with Crippen LogP contribution in [0.3, 0.4) is 0 Å². The summed E-state index contributed by atoms with van der Waals surface area (Å²) in [5, 5.41) is 0. The number of carbonyl (C=O) groups excluding carboxylic acids is 1. The van der Waals surface area contributed by atoms with E-state index in [-0.39, 0.29) is 17.1 Å². The maximum Gasteiger partial charge on any atom is 0.243 e. The van der Waals surface area contributed by atoms with E-state index in [1.807, 2.05) is 31.2 Å². The first kappa shape index (κ1) is 24.7. The lowest BCUT2D eigenvalue weighted by Gasteiger charge is -2.39. The number of hydrogen-bond acceptors (Lipinski definition) is 5. The second kappa shape index (κ2) is 10.1. The van der Waals surface area contributed by atoms with E-state index in [2.05, 4.69) is 0 Å². The lowest BCUT2D eigenvalue weighted by molar-refractivity contribution is -0.121. The number of ketones is 1. The molecule has 2 aliphatic rings. The number of benzene rings is 2. The predicted octanol–water partition coefficient (Wildman–Crippen LogP) is 5.04. The number of piperidine rings is 1. The van der Waals surface area contributed by atoms with Crippen molar-refractivity contribution in [1.29, 1.82) is 0 Å². The van der Waals surface area contributed by atoms with Crippen molar-refractivity contribution in [1.82, 2.24) is 4.31 Å². The van der Waals surface area contributed by atoms with Gasteiger partial charge in [0.25, 0.3) is 0 Å². The molecule has 0 amide bonds. The van der Waals surface area contributed by atoms with Gasteiger partial charge in [0.2, 0.25) is 10.0 Å². The van der Waals surface area contributed by atoms with Crippen LogP contribution in [-0.2, 0) is 14.8 Å². The number of methoxy groups -OCH3 is 2. The second-order valence-corrected chi connectivity index (χ2v) is 11.8. The van der Waals surface area contributed by atoms with E-state index in [1.54, 1.807) is 42.8 Å². The zero-order valence-electron chi connectivity index (χ0n) is 20.3. The third-order valence-electron chi connectivity index (χ3n) is 7.87. The van der Waals surface area contributed by atoms with Gasteiger partial charge >= 0.3 is 0 Å². The minimum Gasteiger partial charge on any atom is -0.497 e. The van der Waals surface area contributed by atoms with Crippen molar-refractivity contribution in [3.8, 4) is 11.5 Å². The highest BCUT2D eigenvalue weighted by atomic mass is 32.2. The number of ether oxygens (including phenoxy) is 2. The smallest absolute Gasteiger partial charge is 0.243 e. The molecule has 184 valence electrons. The van der Waals surface area contributed by atoms with Crippen molar-refractivity contribution < 1.29 is 22.7 Å². The number of nitrogens with zero attached hydrogens (tertiary/aromatic N) is 1. The molecule has 4 rings (SSSR count). The highest BCUT2D eigenvalue weighted by Crippen LogP contribution is 2.50. The molecule has 0 radical (unpaired) electrons. The summed E-state index contributed by atoms with van der Waals surface area (Å²) in [6.07, 6.45) is 5.47. The van der Waals surface area contributed by atoms with Crippen molar-refractivity contribution in [2.75, 3.05) is 27.3 Å². The molecule has 2 aromatic rings. The topological polar surface area (TPSA) is 72.9 Å². The lowest BCUT2D eigenvalue weighted by atomic mass is 9.76. The van der Waals surface area contributed by atoms with Crippen molar-refractivity contribution in [2.24, 2.45) is 11.3 Å². The molecule has 2 fully saturated rings. The minimum atomic E-state index is -3.50. The molecule has 1 spiro atoms. The second-order valence-electron chi connectivity index (χ2n) is 9.85. The largest absolute Gasteiger partial charge is 0.497 e. The van der Waals surface area contributed by atoms with Crippen LogP contribution in [0.4, 0.5) is 0 Å². The predicted molar refractivity (Wildman–Crippen MR) is 132 cm³/mol. The number of sulfonamides is 1. The lowest BCUT2D eigenvalue weighted by Crippen LogP contribution is -2.42. The summed E-state index contributed by atoms with van der Waals surface area (Å²) in [5.41, 5.74) is 1.19. The Morgan fingerprint density at radius 1 is 0.971 bits per heavy atom. The summed E-state index contributed by atoms with van der Waals surface area (Å²) in [5.74, 6) is 1.98. The first-order valence-corrected chi connectivity index (χ1v) is 13.5. The fraction of sp³-hybridized carbons (Fsp3) is 0.519. The average Bonchev–Trinajstić information content (AvgIpc) is 3.25. The van der Waals surface area contributed by atoms with Crippen molar-refractivity contribution in [3.05, 3.63) is 54.1 Å². The summed E-state index contributed by atoms with van der Waals surface area (Å²) in [7, 11) is -0.295. The van der Waals surface area contributed by atoms with Gasteiger partial charge in [0.15, 0.2) is 0 Å². The molecule has 2 aromatic carbocycles. The molecule has 2 unspecified atom stereocenters. The van der Waals surface area contributed by atoms with Crippen molar-refractivity contribution in [2.45, 2.75) is 56.3 Å². The molecule has 0 bridgehead atoms. The minimum absolute atomic E-state index is 0.126. The fourth-order valence-corrected chi connectivity index (χ4v) is 7.03. The van der Waals surface area contributed by atoms with Gasteiger partial charge in [0.05, 0.1) is 19.1 Å². The van der Waals surface area contributed by atoms with Crippen LogP contribution < -0.4 is 9.47 Å². The van der Waals surface area contributed by atoms with Gasteiger partial charge in [-0.2, -0.15) is 4.31 Å². The fourth-order valence-electron chi connectivity index (χ4n) is 5.59. The maximum atomic E-state index is 13.1. The normalized spacial score (nSPS) is 21.3. The Morgan fingerprint density at radius 2 is 1.53 bits per heavy atom. The average molecular weight is 486 g/mol. The van der Waals surface area contributed by atoms with Gasteiger partial charge in [-0.15, -0.1) is 0 Å². The quantitative estimate of drug-likeness (QED) is 0.524. The molecular formula is C27H35NO5S. The van der Waals surface area contributed by atoms with Crippen molar-refractivity contribution in [3.63, 3.8) is 0 Å². The third-order valence-corrected chi connectivity index (χ3v) is 9.79. The standard InChI is InChI=1S/C27H35NO5S/c1-20(22-4-6-23(32-2)7-5-22)26(29)18-21-12-13-27(19-21)14-16-28(17-15-27)34(30,31)25-10-8-24(33-3)9-11-25/h4-11,20-21H,12-19H2,1-3H3. The number of Topliss-reactive ketones (excluding diaryl/α,β-unsaturated/α-hetero) is 1. The highest BCUT2D eigenvalue weighted by Gasteiger charge is 2.44. The van der Waals surface area contributed by atoms with Crippen molar-refractivity contribution >= 4 is 15.8 Å². The number of hydrogen-bond donors (Lipinski definition) is 0. The van der Waals surface area contributed by atoms with Gasteiger partial charge in [0.1, 0.15) is 17.3 Å². The van der Waals surface area contributed by atoms with Crippen LogP contribution in [0.5, 0.6) is 11.5 Å². The van der Waals surface area contributed by atoms with E-state index in [1.165, 1.54) is 0 Å². The van der Waals surface area contributed by atoms with Gasteiger partial charge in [-0.05, 0) is 85.4 Å². The van der Waals surface area contributed by atoms with E-state index >= 15 is 0 Å². The van der Waals surface area contributed by atoms with Crippen LogP contribution in [0, 0.1) is 11.3 Å². The molecule has 7 heteroatoms. The van der Waals surface area contributed by atoms with Crippen LogP contribution in [0.2, 0.25) is 0 Å². The summed E-state index contributed by atoms with van der Waals surface area (Å²) in [6.45, 7) is 3.06. The molecule has 1 aliphatic heterocycles. The van der Waals surface area contributed by atoms with Gasteiger partial charge in [-0.25, -0.2) is 8.42 Å². The molecule has 1 heterocycles. The Hall–Kier alpha value is -2.38.